The van der Waals surface area contributed by atoms with Crippen LogP contribution in [0.2, 0.25) is 0 Å². The van der Waals surface area contributed by atoms with Crippen molar-refractivity contribution in [2.45, 2.75) is 12.8 Å². The molecule has 13 nitrogen and oxygen atoms in total. The Balaban J connectivity index is 1.49. The van der Waals surface area contributed by atoms with E-state index in [-0.39, 0.29) is 29.0 Å². The fraction of sp³-hybridized carbons (Fsp3) is 0.217. The van der Waals surface area contributed by atoms with Crippen LogP contribution in [0.5, 0.6) is 5.75 Å². The van der Waals surface area contributed by atoms with Crippen LogP contribution in [0.25, 0.3) is 22.8 Å². The van der Waals surface area contributed by atoms with Gasteiger partial charge in [0.25, 0.3) is 5.91 Å². The predicted molar refractivity (Wildman–Crippen MR) is 129 cm³/mol. The molecule has 0 unspecified atom stereocenters. The molecular weight excluding hydrogens is 464 g/mol. The van der Waals surface area contributed by atoms with Crippen molar-refractivity contribution in [1.29, 1.82) is 0 Å². The van der Waals surface area contributed by atoms with E-state index in [1.807, 2.05) is 5.32 Å². The van der Waals surface area contributed by atoms with Crippen LogP contribution in [0.15, 0.2) is 43.0 Å². The van der Waals surface area contributed by atoms with Crippen molar-refractivity contribution in [2.24, 2.45) is 5.92 Å². The van der Waals surface area contributed by atoms with Crippen LogP contribution in [0.1, 0.15) is 27.4 Å². The van der Waals surface area contributed by atoms with Gasteiger partial charge in [-0.25, -0.2) is 15.0 Å². The number of aromatic nitrogens is 7. The number of methoxy groups -OCH3 is 1. The molecule has 4 N–H and O–H groups in total. The summed E-state index contributed by atoms with van der Waals surface area (Å²) in [6, 6.07) is 6.55. The summed E-state index contributed by atoms with van der Waals surface area (Å²) in [6.07, 6.45) is 6.12. The Bertz CT molecular complexity index is 1510. The lowest BCUT2D eigenvalue weighted by atomic mass is 10.1. The zero-order chi connectivity index (χ0) is 27.6. The smallest absolute Gasteiger partial charge is 0.273 e. The average molecular weight is 490 g/mol. The molecule has 3 aromatic heterocycles. The standard InChI is InChI=1S/C23H22N10O3/c1-24-23(35)18-16(8-17(31-32-18)30-22(34)12-6-7-12)29-15-5-3-4-14(19(15)36-2)21-25-9-13(10-26-21)20-27-11-28-33-20/h3-5,8-12H,6-7H2,1-2H3,(H,24,35)(H,27,28,33)(H2,29,30,31,34)/i1D3. The number of hydrogen-bond donors (Lipinski definition) is 4. The molecule has 3 heterocycles. The van der Waals surface area contributed by atoms with Crippen molar-refractivity contribution in [3.05, 3.63) is 48.7 Å². The summed E-state index contributed by atoms with van der Waals surface area (Å²) in [5.74, 6) is 0.0284. The van der Waals surface area contributed by atoms with Crippen LogP contribution in [0.4, 0.5) is 17.2 Å². The molecule has 0 radical (unpaired) electrons. The van der Waals surface area contributed by atoms with Crippen LogP contribution >= 0.6 is 0 Å². The van der Waals surface area contributed by atoms with Crippen LogP contribution in [0, 0.1) is 5.92 Å². The molecule has 0 aliphatic heterocycles. The van der Waals surface area contributed by atoms with Gasteiger partial charge >= 0.3 is 0 Å². The van der Waals surface area contributed by atoms with Crippen LogP contribution < -0.4 is 20.7 Å². The third kappa shape index (κ3) is 4.66. The zero-order valence-electron chi connectivity index (χ0n) is 21.9. The molecular formula is C23H22N10O3. The van der Waals surface area contributed by atoms with E-state index in [0.29, 0.717) is 34.2 Å². The summed E-state index contributed by atoms with van der Waals surface area (Å²) in [4.78, 5) is 37.9. The number of para-hydroxylation sites is 1. The first-order valence-electron chi connectivity index (χ1n) is 12.3. The Morgan fingerprint density at radius 3 is 2.67 bits per heavy atom. The lowest BCUT2D eigenvalue weighted by Gasteiger charge is -2.16. The van der Waals surface area contributed by atoms with Gasteiger partial charge in [-0.05, 0) is 25.0 Å². The minimum Gasteiger partial charge on any atom is -0.494 e. The van der Waals surface area contributed by atoms with Crippen molar-refractivity contribution in [2.75, 3.05) is 24.7 Å². The van der Waals surface area contributed by atoms with Gasteiger partial charge < -0.3 is 20.7 Å². The monoisotopic (exact) mass is 489 g/mol. The van der Waals surface area contributed by atoms with Crippen molar-refractivity contribution < 1.29 is 18.4 Å². The normalized spacial score (nSPS) is 14.2. The summed E-state index contributed by atoms with van der Waals surface area (Å²) in [7, 11) is 1.46. The summed E-state index contributed by atoms with van der Waals surface area (Å²) >= 11 is 0. The van der Waals surface area contributed by atoms with E-state index in [2.05, 4.69) is 46.0 Å². The highest BCUT2D eigenvalue weighted by atomic mass is 16.5. The number of ether oxygens (including phenoxy) is 1. The number of anilines is 3. The number of amides is 2. The molecule has 0 bridgehead atoms. The molecule has 0 saturated heterocycles. The molecule has 1 aliphatic rings. The Kier molecular flexibility index (Phi) is 5.24. The van der Waals surface area contributed by atoms with Gasteiger partial charge in [0.1, 0.15) is 6.33 Å². The second-order valence-electron chi connectivity index (χ2n) is 7.85. The second-order valence-corrected chi connectivity index (χ2v) is 7.85. The van der Waals surface area contributed by atoms with Crippen LogP contribution in [-0.4, -0.2) is 61.2 Å². The maximum absolute atomic E-state index is 12.7. The molecule has 36 heavy (non-hydrogen) atoms. The van der Waals surface area contributed by atoms with Gasteiger partial charge in [0.2, 0.25) is 5.91 Å². The van der Waals surface area contributed by atoms with Crippen molar-refractivity contribution in [3.8, 4) is 28.5 Å². The number of nitrogens with zero attached hydrogens (tertiary/aromatic N) is 6. The predicted octanol–water partition coefficient (Wildman–Crippen LogP) is 2.18. The van der Waals surface area contributed by atoms with E-state index in [0.717, 1.165) is 12.8 Å². The molecule has 13 heteroatoms. The van der Waals surface area contributed by atoms with Crippen LogP contribution in [-0.2, 0) is 4.79 Å². The van der Waals surface area contributed by atoms with E-state index in [1.54, 1.807) is 30.6 Å². The summed E-state index contributed by atoms with van der Waals surface area (Å²) < 4.78 is 27.8. The highest BCUT2D eigenvalue weighted by Crippen LogP contribution is 2.37. The van der Waals surface area contributed by atoms with E-state index in [1.165, 1.54) is 19.5 Å². The van der Waals surface area contributed by atoms with Crippen LogP contribution in [0.3, 0.4) is 0 Å². The highest BCUT2D eigenvalue weighted by Gasteiger charge is 2.30. The number of hydrogen-bond acceptors (Lipinski definition) is 10. The largest absolute Gasteiger partial charge is 0.494 e. The quantitative estimate of drug-likeness (QED) is 0.287. The van der Waals surface area contributed by atoms with Crippen molar-refractivity contribution in [3.63, 3.8) is 0 Å². The number of carbonyl (C=O) groups excluding carboxylic acids is 2. The minimum atomic E-state index is -2.75. The molecule has 1 fully saturated rings. The lowest BCUT2D eigenvalue weighted by Crippen LogP contribution is -2.22. The number of aromatic amines is 1. The molecule has 1 aromatic carbocycles. The molecule has 0 spiro atoms. The summed E-state index contributed by atoms with van der Waals surface area (Å²) in [6.45, 7) is -2.75. The maximum Gasteiger partial charge on any atom is 0.273 e. The number of nitrogens with one attached hydrogen (secondary N) is 4. The van der Waals surface area contributed by atoms with Gasteiger partial charge in [-0.3, -0.25) is 14.7 Å². The van der Waals surface area contributed by atoms with Gasteiger partial charge in [0.05, 0.1) is 29.6 Å². The van der Waals surface area contributed by atoms with E-state index in [4.69, 9.17) is 8.85 Å². The fourth-order valence-electron chi connectivity index (χ4n) is 3.46. The molecule has 1 saturated carbocycles. The fourth-order valence-corrected chi connectivity index (χ4v) is 3.46. The van der Waals surface area contributed by atoms with Gasteiger partial charge in [0.15, 0.2) is 28.9 Å². The number of H-pyrrole nitrogens is 1. The van der Waals surface area contributed by atoms with E-state index >= 15 is 0 Å². The lowest BCUT2D eigenvalue weighted by molar-refractivity contribution is -0.117. The summed E-state index contributed by atoms with van der Waals surface area (Å²) in [5.41, 5.74) is 1.36. The highest BCUT2D eigenvalue weighted by molar-refractivity contribution is 6.00. The minimum absolute atomic E-state index is 0.0889. The zero-order valence-corrected chi connectivity index (χ0v) is 18.9. The van der Waals surface area contributed by atoms with Crippen molar-refractivity contribution >= 4 is 29.0 Å². The third-order valence-corrected chi connectivity index (χ3v) is 5.39. The first-order chi connectivity index (χ1) is 18.7. The topological polar surface area (TPSA) is 173 Å². The number of rotatable bonds is 8. The first kappa shape index (κ1) is 19.4. The Morgan fingerprint density at radius 1 is 1.14 bits per heavy atom. The Labute approximate surface area is 209 Å². The Morgan fingerprint density at radius 2 is 1.97 bits per heavy atom. The van der Waals surface area contributed by atoms with Gasteiger partial charge in [-0.1, -0.05) is 6.07 Å². The molecule has 2 amide bonds. The molecule has 5 rings (SSSR count). The first-order valence-corrected chi connectivity index (χ1v) is 10.8. The molecule has 4 aromatic rings. The van der Waals surface area contributed by atoms with E-state index in [9.17, 15) is 9.59 Å². The second kappa shape index (κ2) is 9.74. The van der Waals surface area contributed by atoms with Gasteiger partial charge in [-0.15, -0.1) is 10.2 Å². The average Bonchev–Trinajstić information content (AvgIpc) is 3.62. The van der Waals surface area contributed by atoms with Gasteiger partial charge in [-0.2, -0.15) is 5.10 Å². The number of carbonyl (C=O) groups is 2. The Hall–Kier alpha value is -4.94. The summed E-state index contributed by atoms with van der Waals surface area (Å²) in [5, 5.41) is 22.0. The molecule has 0 atom stereocenters. The molecule has 182 valence electrons. The third-order valence-electron chi connectivity index (χ3n) is 5.39. The van der Waals surface area contributed by atoms with E-state index < -0.39 is 12.9 Å². The maximum atomic E-state index is 12.7. The van der Waals surface area contributed by atoms with Gasteiger partial charge in [0, 0.05) is 35.5 Å². The molecule has 1 aliphatic carbocycles. The number of benzene rings is 1. The SMILES string of the molecule is [2H]C([2H])([2H])NC(=O)c1nnc(NC(=O)C2CC2)cc1Nc1cccc(-c2ncc(-c3ncn[nH]3)cn2)c1OC. The van der Waals surface area contributed by atoms with Crippen molar-refractivity contribution in [1.82, 2.24) is 40.7 Å².